The van der Waals surface area contributed by atoms with Crippen LogP contribution in [0.25, 0.3) is 0 Å². The van der Waals surface area contributed by atoms with Gasteiger partial charge in [0.15, 0.2) is 0 Å². The van der Waals surface area contributed by atoms with Crippen molar-refractivity contribution in [3.05, 3.63) is 24.3 Å². The maximum absolute atomic E-state index is 12.0. The quantitative estimate of drug-likeness (QED) is 0.749. The highest BCUT2D eigenvalue weighted by Crippen LogP contribution is 2.36. The third-order valence-corrected chi connectivity index (χ3v) is 5.92. The van der Waals surface area contributed by atoms with Crippen molar-refractivity contribution in [3.8, 4) is 0 Å². The molecule has 0 aliphatic heterocycles. The number of nitrogens with two attached hydrogens (primary N) is 1. The maximum Gasteiger partial charge on any atom is 0.242 e. The SMILES string of the molecule is CNS(=O)(=O)c1ccccc1NCC1(CN)CCCCC1. The van der Waals surface area contributed by atoms with E-state index in [1.807, 2.05) is 6.07 Å². The normalized spacial score (nSPS) is 18.4. The highest BCUT2D eigenvalue weighted by Gasteiger charge is 2.30. The van der Waals surface area contributed by atoms with Crippen molar-refractivity contribution in [2.24, 2.45) is 11.1 Å². The Hall–Kier alpha value is -1.11. The summed E-state index contributed by atoms with van der Waals surface area (Å²) in [6.07, 6.45) is 5.89. The number of para-hydroxylation sites is 1. The zero-order chi connectivity index (χ0) is 15.3. The molecule has 0 amide bonds. The number of sulfonamides is 1. The number of hydrogen-bond donors (Lipinski definition) is 3. The lowest BCUT2D eigenvalue weighted by Gasteiger charge is -2.36. The van der Waals surface area contributed by atoms with E-state index < -0.39 is 10.0 Å². The van der Waals surface area contributed by atoms with Crippen molar-refractivity contribution in [1.82, 2.24) is 4.72 Å². The van der Waals surface area contributed by atoms with E-state index >= 15 is 0 Å². The molecule has 0 unspecified atom stereocenters. The van der Waals surface area contributed by atoms with Crippen LogP contribution in [0.1, 0.15) is 32.1 Å². The first kappa shape index (κ1) is 16.3. The predicted molar refractivity (Wildman–Crippen MR) is 85.7 cm³/mol. The van der Waals surface area contributed by atoms with Crippen molar-refractivity contribution in [2.45, 2.75) is 37.0 Å². The van der Waals surface area contributed by atoms with E-state index in [0.717, 1.165) is 19.4 Å². The molecule has 1 fully saturated rings. The van der Waals surface area contributed by atoms with Crippen LogP contribution in [0.3, 0.4) is 0 Å². The molecule has 118 valence electrons. The van der Waals surface area contributed by atoms with E-state index in [-0.39, 0.29) is 10.3 Å². The van der Waals surface area contributed by atoms with Crippen LogP contribution in [0, 0.1) is 5.41 Å². The molecule has 6 heteroatoms. The van der Waals surface area contributed by atoms with Gasteiger partial charge in [0.1, 0.15) is 4.90 Å². The van der Waals surface area contributed by atoms with E-state index in [1.54, 1.807) is 18.2 Å². The monoisotopic (exact) mass is 311 g/mol. The minimum absolute atomic E-state index is 0.0920. The number of rotatable bonds is 6. The molecule has 4 N–H and O–H groups in total. The summed E-state index contributed by atoms with van der Waals surface area (Å²) in [7, 11) is -2.03. The van der Waals surface area contributed by atoms with Crippen molar-refractivity contribution < 1.29 is 8.42 Å². The Labute approximate surface area is 127 Å². The summed E-state index contributed by atoms with van der Waals surface area (Å²) >= 11 is 0. The molecule has 0 heterocycles. The fourth-order valence-electron chi connectivity index (χ4n) is 2.99. The average molecular weight is 311 g/mol. The Kier molecular flexibility index (Phi) is 5.24. The first-order valence-electron chi connectivity index (χ1n) is 7.49. The molecule has 0 radical (unpaired) electrons. The van der Waals surface area contributed by atoms with E-state index in [2.05, 4.69) is 10.0 Å². The Morgan fingerprint density at radius 1 is 1.19 bits per heavy atom. The van der Waals surface area contributed by atoms with Gasteiger partial charge in [-0.1, -0.05) is 31.4 Å². The average Bonchev–Trinajstić information content (AvgIpc) is 2.54. The Balaban J connectivity index is 2.17. The molecule has 1 aromatic rings. The Morgan fingerprint density at radius 2 is 1.86 bits per heavy atom. The van der Waals surface area contributed by atoms with Crippen molar-refractivity contribution in [3.63, 3.8) is 0 Å². The molecule has 1 saturated carbocycles. The minimum Gasteiger partial charge on any atom is -0.383 e. The zero-order valence-corrected chi connectivity index (χ0v) is 13.4. The summed E-state index contributed by atoms with van der Waals surface area (Å²) in [5, 5.41) is 3.32. The van der Waals surface area contributed by atoms with Gasteiger partial charge in [-0.15, -0.1) is 0 Å². The molecule has 0 spiro atoms. The molecule has 1 aliphatic carbocycles. The second-order valence-electron chi connectivity index (χ2n) is 5.82. The van der Waals surface area contributed by atoms with Crippen LogP contribution in [0.5, 0.6) is 0 Å². The summed E-state index contributed by atoms with van der Waals surface area (Å²) in [6.45, 7) is 1.36. The van der Waals surface area contributed by atoms with E-state index in [0.29, 0.717) is 12.2 Å². The van der Waals surface area contributed by atoms with E-state index in [1.165, 1.54) is 26.3 Å². The molecule has 0 aromatic heterocycles. The summed E-state index contributed by atoms with van der Waals surface area (Å²) in [6, 6.07) is 6.99. The molecule has 1 aromatic carbocycles. The topological polar surface area (TPSA) is 84.2 Å². The maximum atomic E-state index is 12.0. The third kappa shape index (κ3) is 3.75. The molecule has 0 atom stereocenters. The lowest BCUT2D eigenvalue weighted by molar-refractivity contribution is 0.215. The van der Waals surface area contributed by atoms with Gasteiger partial charge in [0.25, 0.3) is 0 Å². The largest absolute Gasteiger partial charge is 0.383 e. The lowest BCUT2D eigenvalue weighted by atomic mass is 9.74. The van der Waals surface area contributed by atoms with Crippen LogP contribution in [0.4, 0.5) is 5.69 Å². The molecule has 2 rings (SSSR count). The van der Waals surface area contributed by atoms with Gasteiger partial charge < -0.3 is 11.1 Å². The number of nitrogens with one attached hydrogen (secondary N) is 2. The first-order chi connectivity index (χ1) is 10.0. The minimum atomic E-state index is -3.45. The summed E-state index contributed by atoms with van der Waals surface area (Å²) in [5.74, 6) is 0. The third-order valence-electron chi connectivity index (χ3n) is 4.45. The lowest BCUT2D eigenvalue weighted by Crippen LogP contribution is -2.39. The zero-order valence-electron chi connectivity index (χ0n) is 12.6. The molecule has 0 bridgehead atoms. The predicted octanol–water partition coefficient (Wildman–Crippen LogP) is 1.92. The highest BCUT2D eigenvalue weighted by molar-refractivity contribution is 7.89. The van der Waals surface area contributed by atoms with Crippen LogP contribution < -0.4 is 15.8 Å². The standard InChI is InChI=1S/C15H25N3O2S/c1-17-21(19,20)14-8-4-3-7-13(14)18-12-15(11-16)9-5-2-6-10-15/h3-4,7-8,17-18H,2,5-6,9-12,16H2,1H3. The van der Waals surface area contributed by atoms with Gasteiger partial charge in [0.2, 0.25) is 10.0 Å². The number of anilines is 1. The van der Waals surface area contributed by atoms with Gasteiger partial charge in [-0.05, 0) is 44.0 Å². The fraction of sp³-hybridized carbons (Fsp3) is 0.600. The number of hydrogen-bond acceptors (Lipinski definition) is 4. The van der Waals surface area contributed by atoms with Crippen LogP contribution >= 0.6 is 0 Å². The molecule has 21 heavy (non-hydrogen) atoms. The Morgan fingerprint density at radius 3 is 2.48 bits per heavy atom. The molecular formula is C15H25N3O2S. The van der Waals surface area contributed by atoms with Gasteiger partial charge >= 0.3 is 0 Å². The van der Waals surface area contributed by atoms with Crippen LogP contribution in [0.15, 0.2) is 29.2 Å². The van der Waals surface area contributed by atoms with Crippen molar-refractivity contribution >= 4 is 15.7 Å². The van der Waals surface area contributed by atoms with Crippen LogP contribution in [0.2, 0.25) is 0 Å². The van der Waals surface area contributed by atoms with Crippen LogP contribution in [-0.4, -0.2) is 28.6 Å². The molecular weight excluding hydrogens is 286 g/mol. The van der Waals surface area contributed by atoms with E-state index in [4.69, 9.17) is 5.73 Å². The second-order valence-corrected chi connectivity index (χ2v) is 7.68. The fourth-order valence-corrected chi connectivity index (χ4v) is 3.90. The first-order valence-corrected chi connectivity index (χ1v) is 8.98. The van der Waals surface area contributed by atoms with Gasteiger partial charge in [-0.2, -0.15) is 0 Å². The highest BCUT2D eigenvalue weighted by atomic mass is 32.2. The summed E-state index contributed by atoms with van der Waals surface area (Å²) < 4.78 is 26.5. The molecule has 0 saturated heterocycles. The van der Waals surface area contributed by atoms with Crippen molar-refractivity contribution in [1.29, 1.82) is 0 Å². The molecule has 1 aliphatic rings. The summed E-state index contributed by atoms with van der Waals surface area (Å²) in [4.78, 5) is 0.287. The van der Waals surface area contributed by atoms with Crippen LogP contribution in [-0.2, 0) is 10.0 Å². The molecule has 5 nitrogen and oxygen atoms in total. The van der Waals surface area contributed by atoms with Gasteiger partial charge in [-0.3, -0.25) is 0 Å². The van der Waals surface area contributed by atoms with Gasteiger partial charge in [0.05, 0.1) is 5.69 Å². The number of benzene rings is 1. The van der Waals surface area contributed by atoms with E-state index in [9.17, 15) is 8.42 Å². The van der Waals surface area contributed by atoms with Gasteiger partial charge in [-0.25, -0.2) is 13.1 Å². The van der Waals surface area contributed by atoms with Crippen molar-refractivity contribution in [2.75, 3.05) is 25.5 Å². The second kappa shape index (κ2) is 6.77. The smallest absolute Gasteiger partial charge is 0.242 e. The summed E-state index contributed by atoms with van der Waals surface area (Å²) in [5.41, 5.74) is 6.72. The Bertz CT molecular complexity index is 566. The van der Waals surface area contributed by atoms with Gasteiger partial charge in [0, 0.05) is 6.54 Å².